The van der Waals surface area contributed by atoms with Crippen molar-refractivity contribution in [1.82, 2.24) is 0 Å². The third-order valence-electron chi connectivity index (χ3n) is 1.63. The molecule has 0 N–H and O–H groups in total. The summed E-state index contributed by atoms with van der Waals surface area (Å²) in [4.78, 5) is 11.4. The SMILES string of the molecule is COCCC#C[C@H](C)C(=O)C#CC(C)C. The van der Waals surface area contributed by atoms with Crippen LogP contribution in [0, 0.1) is 35.5 Å². The maximum Gasteiger partial charge on any atom is 0.220 e. The normalized spacial score (nSPS) is 11.0. The molecule has 0 aromatic rings. The molecule has 0 saturated heterocycles. The predicted molar refractivity (Wildman–Crippen MR) is 61.1 cm³/mol. The van der Waals surface area contributed by atoms with Crippen LogP contribution in [0.15, 0.2) is 0 Å². The number of hydrogen-bond acceptors (Lipinski definition) is 2. The highest BCUT2D eigenvalue weighted by Crippen LogP contribution is 1.95. The third-order valence-corrected chi connectivity index (χ3v) is 1.63. The smallest absolute Gasteiger partial charge is 0.220 e. The molecule has 82 valence electrons. The summed E-state index contributed by atoms with van der Waals surface area (Å²) in [6.07, 6.45) is 0.658. The lowest BCUT2D eigenvalue weighted by atomic mass is 10.1. The number of ketones is 1. The number of rotatable bonds is 3. The van der Waals surface area contributed by atoms with Crippen LogP contribution in [0.2, 0.25) is 0 Å². The maximum atomic E-state index is 11.4. The van der Waals surface area contributed by atoms with Gasteiger partial charge in [-0.1, -0.05) is 25.7 Å². The van der Waals surface area contributed by atoms with Crippen molar-refractivity contribution in [2.45, 2.75) is 27.2 Å². The molecule has 0 aliphatic rings. The van der Waals surface area contributed by atoms with Crippen LogP contribution in [-0.4, -0.2) is 19.5 Å². The van der Waals surface area contributed by atoms with Gasteiger partial charge in [-0.2, -0.15) is 0 Å². The highest BCUT2D eigenvalue weighted by molar-refractivity contribution is 5.98. The Labute approximate surface area is 92.4 Å². The molecule has 0 spiro atoms. The van der Waals surface area contributed by atoms with E-state index in [-0.39, 0.29) is 17.6 Å². The second-order valence-corrected chi connectivity index (χ2v) is 3.57. The van der Waals surface area contributed by atoms with E-state index in [1.807, 2.05) is 13.8 Å². The number of ether oxygens (including phenoxy) is 1. The van der Waals surface area contributed by atoms with Crippen molar-refractivity contribution in [2.75, 3.05) is 13.7 Å². The number of carbonyl (C=O) groups excluding carboxylic acids is 1. The van der Waals surface area contributed by atoms with Crippen LogP contribution >= 0.6 is 0 Å². The Morgan fingerprint density at radius 1 is 1.27 bits per heavy atom. The van der Waals surface area contributed by atoms with Crippen molar-refractivity contribution in [2.24, 2.45) is 11.8 Å². The highest BCUT2D eigenvalue weighted by atomic mass is 16.5. The first-order valence-corrected chi connectivity index (χ1v) is 5.10. The van der Waals surface area contributed by atoms with Crippen molar-refractivity contribution < 1.29 is 9.53 Å². The van der Waals surface area contributed by atoms with E-state index in [9.17, 15) is 4.79 Å². The Kier molecular flexibility index (Phi) is 7.42. The first kappa shape index (κ1) is 13.8. The minimum absolute atomic E-state index is 0.103. The lowest BCUT2D eigenvalue weighted by Gasteiger charge is -1.95. The Morgan fingerprint density at radius 2 is 1.93 bits per heavy atom. The fourth-order valence-corrected chi connectivity index (χ4v) is 0.768. The quantitative estimate of drug-likeness (QED) is 0.400. The summed E-state index contributed by atoms with van der Waals surface area (Å²) in [5, 5.41) is 0. The molecule has 0 bridgehead atoms. The van der Waals surface area contributed by atoms with Gasteiger partial charge in [0, 0.05) is 19.4 Å². The van der Waals surface area contributed by atoms with E-state index in [2.05, 4.69) is 23.7 Å². The average Bonchev–Trinajstić information content (AvgIpc) is 2.20. The number of hydrogen-bond donors (Lipinski definition) is 0. The minimum Gasteiger partial charge on any atom is -0.384 e. The second-order valence-electron chi connectivity index (χ2n) is 3.57. The molecule has 0 fully saturated rings. The fourth-order valence-electron chi connectivity index (χ4n) is 0.768. The summed E-state index contributed by atoms with van der Waals surface area (Å²) >= 11 is 0. The third kappa shape index (κ3) is 7.79. The van der Waals surface area contributed by atoms with Gasteiger partial charge < -0.3 is 4.74 Å². The lowest BCUT2D eigenvalue weighted by Crippen LogP contribution is -2.06. The summed E-state index contributed by atoms with van der Waals surface area (Å²) in [5.41, 5.74) is 0. The Balaban J connectivity index is 4.09. The average molecular weight is 206 g/mol. The Morgan fingerprint density at radius 3 is 2.47 bits per heavy atom. The number of methoxy groups -OCH3 is 1. The molecule has 0 amide bonds. The van der Waals surface area contributed by atoms with Gasteiger partial charge in [0.1, 0.15) is 0 Å². The van der Waals surface area contributed by atoms with Gasteiger partial charge in [-0.15, -0.1) is 5.92 Å². The van der Waals surface area contributed by atoms with E-state index < -0.39 is 0 Å². The standard InChI is InChI=1S/C13H18O2/c1-11(2)8-9-13(14)12(3)7-5-6-10-15-4/h11-12H,6,10H2,1-4H3/t12-/m0/s1. The first-order chi connectivity index (χ1) is 7.07. The predicted octanol–water partition coefficient (Wildman–Crippen LogP) is 1.89. The molecule has 0 aromatic carbocycles. The van der Waals surface area contributed by atoms with Crippen LogP contribution in [0.3, 0.4) is 0 Å². The van der Waals surface area contributed by atoms with Crippen molar-refractivity contribution in [3.05, 3.63) is 0 Å². The largest absolute Gasteiger partial charge is 0.384 e. The fraction of sp³-hybridized carbons (Fsp3) is 0.615. The van der Waals surface area contributed by atoms with E-state index in [0.717, 1.165) is 0 Å². The molecule has 0 saturated carbocycles. The Hall–Kier alpha value is -1.25. The van der Waals surface area contributed by atoms with E-state index in [1.54, 1.807) is 14.0 Å². The van der Waals surface area contributed by atoms with Gasteiger partial charge in [0.15, 0.2) is 0 Å². The molecule has 0 aromatic heterocycles. The van der Waals surface area contributed by atoms with Crippen molar-refractivity contribution in [3.8, 4) is 23.7 Å². The van der Waals surface area contributed by atoms with Gasteiger partial charge >= 0.3 is 0 Å². The van der Waals surface area contributed by atoms with E-state index in [1.165, 1.54) is 0 Å². The summed E-state index contributed by atoms with van der Waals surface area (Å²) in [5.74, 6) is 11.0. The van der Waals surface area contributed by atoms with Gasteiger partial charge in [-0.05, 0) is 12.8 Å². The van der Waals surface area contributed by atoms with Crippen LogP contribution in [0.1, 0.15) is 27.2 Å². The number of Topliss-reactive ketones (excluding diaryl/α,β-unsaturated/α-hetero) is 1. The zero-order chi connectivity index (χ0) is 11.7. The van der Waals surface area contributed by atoms with Crippen molar-refractivity contribution >= 4 is 5.78 Å². The van der Waals surface area contributed by atoms with Gasteiger partial charge in [-0.3, -0.25) is 4.79 Å². The molecule has 0 rings (SSSR count). The summed E-state index contributed by atoms with van der Waals surface area (Å²) in [6, 6.07) is 0. The number of carbonyl (C=O) groups is 1. The molecule has 0 aliphatic carbocycles. The molecular formula is C13H18O2. The zero-order valence-electron chi connectivity index (χ0n) is 9.89. The molecule has 1 atom stereocenters. The van der Waals surface area contributed by atoms with Crippen molar-refractivity contribution in [1.29, 1.82) is 0 Å². The van der Waals surface area contributed by atoms with Crippen LogP contribution in [0.5, 0.6) is 0 Å². The van der Waals surface area contributed by atoms with Gasteiger partial charge in [0.05, 0.1) is 12.5 Å². The van der Waals surface area contributed by atoms with E-state index in [0.29, 0.717) is 13.0 Å². The van der Waals surface area contributed by atoms with E-state index in [4.69, 9.17) is 4.74 Å². The summed E-state index contributed by atoms with van der Waals surface area (Å²) < 4.78 is 4.85. The van der Waals surface area contributed by atoms with Gasteiger partial charge in [-0.25, -0.2) is 0 Å². The molecule has 15 heavy (non-hydrogen) atoms. The monoisotopic (exact) mass is 206 g/mol. The molecular weight excluding hydrogens is 188 g/mol. The molecule has 2 heteroatoms. The molecule has 0 heterocycles. The Bertz CT molecular complexity index is 307. The molecule has 0 unspecified atom stereocenters. The lowest BCUT2D eigenvalue weighted by molar-refractivity contribution is -0.115. The van der Waals surface area contributed by atoms with Crippen LogP contribution in [0.25, 0.3) is 0 Å². The topological polar surface area (TPSA) is 26.3 Å². The maximum absolute atomic E-state index is 11.4. The minimum atomic E-state index is -0.298. The zero-order valence-corrected chi connectivity index (χ0v) is 9.89. The first-order valence-electron chi connectivity index (χ1n) is 5.10. The van der Waals surface area contributed by atoms with Gasteiger partial charge in [0.2, 0.25) is 5.78 Å². The second kappa shape index (κ2) is 8.09. The molecule has 2 nitrogen and oxygen atoms in total. The molecule has 0 aliphatic heterocycles. The van der Waals surface area contributed by atoms with Crippen LogP contribution < -0.4 is 0 Å². The van der Waals surface area contributed by atoms with Crippen molar-refractivity contribution in [3.63, 3.8) is 0 Å². The highest BCUT2D eigenvalue weighted by Gasteiger charge is 2.05. The molecule has 0 radical (unpaired) electrons. The summed E-state index contributed by atoms with van der Waals surface area (Å²) in [6.45, 7) is 6.28. The summed E-state index contributed by atoms with van der Waals surface area (Å²) in [7, 11) is 1.63. The van der Waals surface area contributed by atoms with Crippen LogP contribution in [0.4, 0.5) is 0 Å². The van der Waals surface area contributed by atoms with Crippen LogP contribution in [-0.2, 0) is 9.53 Å². The van der Waals surface area contributed by atoms with Gasteiger partial charge in [0.25, 0.3) is 0 Å². The van der Waals surface area contributed by atoms with E-state index >= 15 is 0 Å².